The fourth-order valence-electron chi connectivity index (χ4n) is 1.27. The average Bonchev–Trinajstić information content (AvgIpc) is 2.54. The molecule has 6 nitrogen and oxygen atoms in total. The van der Waals surface area contributed by atoms with Crippen LogP contribution >= 0.6 is 24.4 Å². The summed E-state index contributed by atoms with van der Waals surface area (Å²) >= 11 is 18.2. The van der Waals surface area contributed by atoms with Crippen LogP contribution in [0, 0.1) is 0 Å². The first-order valence-electron chi connectivity index (χ1n) is 7.08. The number of fused-ring (bicyclic) bond motifs is 1. The van der Waals surface area contributed by atoms with Gasteiger partial charge in [-0.1, -0.05) is 14.7 Å². The Morgan fingerprint density at radius 3 is 1.78 bits per heavy atom. The Hall–Kier alpha value is -1.26. The van der Waals surface area contributed by atoms with E-state index < -0.39 is 5.97 Å². The Morgan fingerprint density at radius 2 is 1.41 bits per heavy atom. The van der Waals surface area contributed by atoms with Gasteiger partial charge in [0.15, 0.2) is 5.43 Å². The molecule has 2 rings (SSSR count). The van der Waals surface area contributed by atoms with Crippen LogP contribution in [-0.2, 0) is 44.7 Å². The van der Waals surface area contributed by atoms with Gasteiger partial charge >= 0.3 is 25.4 Å². The molecule has 0 aromatic carbocycles. The summed E-state index contributed by atoms with van der Waals surface area (Å²) in [5.41, 5.74) is 1.28. The van der Waals surface area contributed by atoms with E-state index in [1.165, 1.54) is 18.2 Å². The fourth-order valence-corrected chi connectivity index (χ4v) is 1.27. The number of pyridine rings is 1. The van der Waals surface area contributed by atoms with Crippen molar-refractivity contribution in [3.8, 4) is 11.3 Å². The van der Waals surface area contributed by atoms with Gasteiger partial charge in [0.05, 0.1) is 0 Å². The summed E-state index contributed by atoms with van der Waals surface area (Å²) in [7, 11) is 7.31. The van der Waals surface area contributed by atoms with Gasteiger partial charge in [-0.25, -0.2) is 4.79 Å². The predicted octanol–water partition coefficient (Wildman–Crippen LogP) is 1.94. The smallest absolute Gasteiger partial charge is 0.477 e. The number of carbonyl (C=O) groups is 1. The fraction of sp³-hybridized carbons (Fsp3) is 0.250. The second kappa shape index (κ2) is 13.8. The van der Waals surface area contributed by atoms with Gasteiger partial charge in [-0.2, -0.15) is 0 Å². The molecule has 0 saturated heterocycles. The molecular formula is C16H19N3O3S4Zn. The van der Waals surface area contributed by atoms with Crippen LogP contribution in [0.5, 0.6) is 0 Å². The minimum absolute atomic E-state index is 0. The molecule has 0 unspecified atom stereocenters. The molecule has 0 fully saturated rings. The minimum Gasteiger partial charge on any atom is -0.477 e. The largest absolute Gasteiger partial charge is 2.00 e. The van der Waals surface area contributed by atoms with E-state index in [9.17, 15) is 9.59 Å². The van der Waals surface area contributed by atoms with E-state index in [1.807, 2.05) is 28.2 Å². The molecule has 0 bridgehead atoms. The summed E-state index contributed by atoms with van der Waals surface area (Å²) in [5, 5.41) is 8.70. The summed E-state index contributed by atoms with van der Waals surface area (Å²) < 4.78 is 1.02. The van der Waals surface area contributed by atoms with Crippen molar-refractivity contribution < 1.29 is 29.4 Å². The molecule has 0 radical (unpaired) electrons. The van der Waals surface area contributed by atoms with E-state index in [0.717, 1.165) is 5.56 Å². The molecule has 27 heavy (non-hydrogen) atoms. The molecular weight excluding hydrogens is 476 g/mol. The first-order chi connectivity index (χ1) is 12.0. The third-order valence-electron chi connectivity index (χ3n) is 2.68. The third kappa shape index (κ3) is 11.9. The Morgan fingerprint density at radius 1 is 1.00 bits per heavy atom. The van der Waals surface area contributed by atoms with Gasteiger partial charge in [0.2, 0.25) is 0 Å². The maximum atomic E-state index is 11.0. The molecule has 0 aromatic rings. The van der Waals surface area contributed by atoms with Gasteiger partial charge in [0.1, 0.15) is 5.69 Å². The van der Waals surface area contributed by atoms with Crippen LogP contribution in [-0.4, -0.2) is 62.7 Å². The molecule has 0 aromatic heterocycles. The summed E-state index contributed by atoms with van der Waals surface area (Å²) in [6, 6.07) is 7.60. The van der Waals surface area contributed by atoms with Crippen LogP contribution in [0.25, 0.3) is 11.3 Å². The number of H-pyrrole nitrogens is 1. The van der Waals surface area contributed by atoms with Gasteiger partial charge < -0.3 is 69.6 Å². The number of hydrogen-bond acceptors (Lipinski definition) is 6. The van der Waals surface area contributed by atoms with Crippen molar-refractivity contribution >= 4 is 64.3 Å². The van der Waals surface area contributed by atoms with Gasteiger partial charge in [-0.15, -0.1) is 0 Å². The summed E-state index contributed by atoms with van der Waals surface area (Å²) in [6.07, 6.45) is 0. The zero-order chi connectivity index (χ0) is 20.4. The maximum Gasteiger partial charge on any atom is 2.00 e. The molecule has 2 aliphatic rings. The van der Waals surface area contributed by atoms with Crippen LogP contribution in [0.15, 0.2) is 35.1 Å². The number of aromatic nitrogens is 1. The van der Waals surface area contributed by atoms with Crippen molar-refractivity contribution in [3.05, 3.63) is 46.2 Å². The number of aromatic amines is 1. The summed E-state index contributed by atoms with van der Waals surface area (Å²) in [5.74, 6) is -1.04. The van der Waals surface area contributed by atoms with Gasteiger partial charge in [0.25, 0.3) is 0 Å². The first-order valence-corrected chi connectivity index (χ1v) is 8.72. The number of hydrogen-bond donors (Lipinski definition) is 2. The molecule has 2 N–H and O–H groups in total. The molecule has 0 atom stereocenters. The molecule has 1 aliphatic heterocycles. The topological polar surface area (TPSA) is 76.6 Å². The standard InChI is InChI=1S/C10H7NO3.2C3H7NS2.Zn/c12-7-3-1-6-2-4-8(10(13)14)11-9(6)5-7;2*1-4(2)3(5)6;/h1-5,11H,(H,13,14);2*1-2H3,(H,5,6);/q;;;+2/p-2. The number of thiocarbonyl (C=S) groups is 2. The van der Waals surface area contributed by atoms with Gasteiger partial charge in [-0.3, -0.25) is 4.79 Å². The number of nitrogens with one attached hydrogen (secondary N) is 1. The summed E-state index contributed by atoms with van der Waals surface area (Å²) in [6.45, 7) is 0. The van der Waals surface area contributed by atoms with E-state index in [0.29, 0.717) is 14.3 Å². The van der Waals surface area contributed by atoms with Crippen LogP contribution in [0.4, 0.5) is 0 Å². The number of aromatic carboxylic acids is 1. The van der Waals surface area contributed by atoms with E-state index in [-0.39, 0.29) is 30.6 Å². The second-order valence-corrected chi connectivity index (χ2v) is 7.31. The van der Waals surface area contributed by atoms with Crippen LogP contribution in [0.2, 0.25) is 0 Å². The van der Waals surface area contributed by atoms with Crippen molar-refractivity contribution in [2.24, 2.45) is 0 Å². The Bertz CT molecular complexity index is 779. The number of benzene rings is 1. The molecule has 0 spiro atoms. The second-order valence-electron chi connectivity index (χ2n) is 5.25. The van der Waals surface area contributed by atoms with Crippen LogP contribution < -0.4 is 5.43 Å². The van der Waals surface area contributed by atoms with E-state index in [2.05, 4.69) is 54.7 Å². The quantitative estimate of drug-likeness (QED) is 0.351. The van der Waals surface area contributed by atoms with Crippen molar-refractivity contribution in [3.63, 3.8) is 0 Å². The zero-order valence-corrected chi connectivity index (χ0v) is 21.6. The van der Waals surface area contributed by atoms with Crippen LogP contribution in [0.1, 0.15) is 10.5 Å². The van der Waals surface area contributed by atoms with Crippen molar-refractivity contribution in [1.29, 1.82) is 0 Å². The molecule has 0 saturated carbocycles. The number of carboxylic acid groups (broad SMARTS) is 1. The van der Waals surface area contributed by atoms with Crippen molar-refractivity contribution in [2.45, 2.75) is 0 Å². The van der Waals surface area contributed by atoms with E-state index >= 15 is 0 Å². The average molecular weight is 495 g/mol. The number of carboxylic acids is 1. The molecule has 1 aliphatic carbocycles. The van der Waals surface area contributed by atoms with Gasteiger partial charge in [-0.05, 0) is 23.8 Å². The minimum atomic E-state index is -1.04. The molecule has 0 amide bonds. The predicted molar refractivity (Wildman–Crippen MR) is 118 cm³/mol. The number of nitrogens with zero attached hydrogens (tertiary/aromatic N) is 2. The Kier molecular flexibility index (Phi) is 14.3. The maximum absolute atomic E-state index is 11.0. The first kappa shape index (κ1) is 28.0. The normalized spacial score (nSPS) is 8.74. The summed E-state index contributed by atoms with van der Waals surface area (Å²) in [4.78, 5) is 27.7. The zero-order valence-electron chi connectivity index (χ0n) is 15.4. The SMILES string of the molecule is CN(C)C(=S)[S-].CN(C)C(=S)[S-].O=C(O)c1ccc2ccc(=O)cc-2[nH]1.[Zn+2]. The van der Waals surface area contributed by atoms with Gasteiger partial charge in [0, 0.05) is 40.0 Å². The van der Waals surface area contributed by atoms with Crippen molar-refractivity contribution in [2.75, 3.05) is 28.2 Å². The molecule has 142 valence electrons. The molecule has 1 heterocycles. The van der Waals surface area contributed by atoms with E-state index in [4.69, 9.17) is 5.11 Å². The third-order valence-corrected chi connectivity index (χ3v) is 4.14. The monoisotopic (exact) mass is 493 g/mol. The Balaban J connectivity index is 0. The van der Waals surface area contributed by atoms with Crippen molar-refractivity contribution in [1.82, 2.24) is 14.8 Å². The Labute approximate surface area is 193 Å². The van der Waals surface area contributed by atoms with E-state index in [1.54, 1.807) is 21.9 Å². The molecule has 11 heteroatoms. The van der Waals surface area contributed by atoms with Crippen LogP contribution in [0.3, 0.4) is 0 Å². The number of rotatable bonds is 1.